The maximum atomic E-state index is 12.4. The summed E-state index contributed by atoms with van der Waals surface area (Å²) in [6.45, 7) is 4.34. The van der Waals surface area contributed by atoms with E-state index in [-0.39, 0.29) is 5.91 Å². The first-order valence-corrected chi connectivity index (χ1v) is 6.19. The molecule has 0 aliphatic rings. The fraction of sp³-hybridized carbons (Fsp3) is 0.538. The molecular weight excluding hydrogens is 228 g/mol. The highest BCUT2D eigenvalue weighted by Crippen LogP contribution is 2.12. The van der Waals surface area contributed by atoms with Gasteiger partial charge in [-0.1, -0.05) is 6.92 Å². The summed E-state index contributed by atoms with van der Waals surface area (Å²) in [4.78, 5) is 20.2. The summed E-state index contributed by atoms with van der Waals surface area (Å²) in [7, 11) is 3.99. The molecule has 1 rings (SSSR count). The zero-order chi connectivity index (χ0) is 13.5. The number of hydrogen-bond acceptors (Lipinski definition) is 4. The van der Waals surface area contributed by atoms with Crippen LogP contribution in [-0.4, -0.2) is 54.4 Å². The maximum Gasteiger partial charge on any atom is 0.257 e. The highest BCUT2D eigenvalue weighted by atomic mass is 16.2. The molecule has 5 heteroatoms. The van der Waals surface area contributed by atoms with Crippen molar-refractivity contribution in [2.24, 2.45) is 0 Å². The van der Waals surface area contributed by atoms with Gasteiger partial charge in [-0.15, -0.1) is 0 Å². The van der Waals surface area contributed by atoms with Gasteiger partial charge < -0.3 is 15.5 Å². The monoisotopic (exact) mass is 250 g/mol. The van der Waals surface area contributed by atoms with Gasteiger partial charge in [-0.3, -0.25) is 9.78 Å². The molecule has 0 unspecified atom stereocenters. The van der Waals surface area contributed by atoms with E-state index in [1.807, 2.05) is 19.0 Å². The van der Waals surface area contributed by atoms with E-state index in [1.165, 1.54) is 6.20 Å². The van der Waals surface area contributed by atoms with Gasteiger partial charge in [0, 0.05) is 37.7 Å². The predicted octanol–water partition coefficient (Wildman–Crippen LogP) is 1.08. The van der Waals surface area contributed by atoms with Crippen LogP contribution < -0.4 is 5.73 Å². The second kappa shape index (κ2) is 6.96. The number of anilines is 1. The lowest BCUT2D eigenvalue weighted by Crippen LogP contribution is -2.37. The van der Waals surface area contributed by atoms with E-state index in [0.717, 1.165) is 19.5 Å². The van der Waals surface area contributed by atoms with Gasteiger partial charge in [0.15, 0.2) is 0 Å². The van der Waals surface area contributed by atoms with Crippen LogP contribution in [-0.2, 0) is 0 Å². The second-order valence-corrected chi connectivity index (χ2v) is 4.56. The minimum atomic E-state index is -0.0377. The molecule has 1 amide bonds. The Balaban J connectivity index is 2.79. The lowest BCUT2D eigenvalue weighted by atomic mass is 10.2. The van der Waals surface area contributed by atoms with E-state index in [1.54, 1.807) is 12.3 Å². The third-order valence-corrected chi connectivity index (χ3v) is 2.68. The van der Waals surface area contributed by atoms with Crippen molar-refractivity contribution in [2.45, 2.75) is 13.3 Å². The van der Waals surface area contributed by atoms with Gasteiger partial charge in [0.2, 0.25) is 0 Å². The van der Waals surface area contributed by atoms with Gasteiger partial charge in [-0.25, -0.2) is 0 Å². The average Bonchev–Trinajstić information content (AvgIpc) is 2.34. The predicted molar refractivity (Wildman–Crippen MR) is 73.4 cm³/mol. The number of carbonyl (C=O) groups is 1. The highest BCUT2D eigenvalue weighted by molar-refractivity contribution is 5.98. The van der Waals surface area contributed by atoms with E-state index in [0.29, 0.717) is 17.8 Å². The number of hydrogen-bond donors (Lipinski definition) is 1. The molecule has 2 N–H and O–H groups in total. The molecule has 0 saturated carbocycles. The van der Waals surface area contributed by atoms with Crippen LogP contribution in [0.1, 0.15) is 23.7 Å². The first-order chi connectivity index (χ1) is 8.56. The Labute approximate surface area is 109 Å². The molecular formula is C13H22N4O. The maximum absolute atomic E-state index is 12.4. The van der Waals surface area contributed by atoms with Gasteiger partial charge in [-0.05, 0) is 26.6 Å². The van der Waals surface area contributed by atoms with E-state index in [2.05, 4.69) is 16.8 Å². The zero-order valence-corrected chi connectivity index (χ0v) is 11.4. The Morgan fingerprint density at radius 2 is 2.06 bits per heavy atom. The molecule has 1 aromatic rings. The number of rotatable bonds is 6. The van der Waals surface area contributed by atoms with Crippen molar-refractivity contribution in [3.63, 3.8) is 0 Å². The first-order valence-electron chi connectivity index (χ1n) is 6.19. The van der Waals surface area contributed by atoms with E-state index < -0.39 is 0 Å². The van der Waals surface area contributed by atoms with Gasteiger partial charge in [0.25, 0.3) is 5.91 Å². The van der Waals surface area contributed by atoms with Crippen LogP contribution >= 0.6 is 0 Å². The smallest absolute Gasteiger partial charge is 0.257 e. The van der Waals surface area contributed by atoms with Crippen molar-refractivity contribution < 1.29 is 4.79 Å². The number of likely N-dealkylation sites (N-methyl/N-ethyl adjacent to an activating group) is 1. The Hall–Kier alpha value is -1.62. The molecule has 1 aromatic heterocycles. The van der Waals surface area contributed by atoms with Crippen LogP contribution in [0.25, 0.3) is 0 Å². The standard InChI is InChI=1S/C13H22N4O/c1-4-7-17(9-8-16(2)3)13(18)11-10-15-6-5-12(11)14/h5-6,10H,4,7-9H2,1-3H3,(H2,14,15). The number of nitrogen functional groups attached to an aromatic ring is 1. The molecule has 0 aliphatic carbocycles. The number of nitrogens with zero attached hydrogens (tertiary/aromatic N) is 3. The molecule has 0 radical (unpaired) electrons. The molecule has 0 spiro atoms. The average molecular weight is 250 g/mol. The third-order valence-electron chi connectivity index (χ3n) is 2.68. The highest BCUT2D eigenvalue weighted by Gasteiger charge is 2.17. The summed E-state index contributed by atoms with van der Waals surface area (Å²) in [5.74, 6) is -0.0377. The Bertz CT molecular complexity index is 392. The van der Waals surface area contributed by atoms with Crippen LogP contribution in [0.4, 0.5) is 5.69 Å². The zero-order valence-electron chi connectivity index (χ0n) is 11.4. The Morgan fingerprint density at radius 1 is 1.33 bits per heavy atom. The first kappa shape index (κ1) is 14.4. The fourth-order valence-electron chi connectivity index (χ4n) is 1.66. The van der Waals surface area contributed by atoms with Crippen LogP contribution in [0.15, 0.2) is 18.5 Å². The molecule has 5 nitrogen and oxygen atoms in total. The third kappa shape index (κ3) is 4.00. The SMILES string of the molecule is CCCN(CCN(C)C)C(=O)c1cnccc1N. The van der Waals surface area contributed by atoms with Crippen molar-refractivity contribution in [3.05, 3.63) is 24.0 Å². The van der Waals surface area contributed by atoms with Crippen LogP contribution in [0.2, 0.25) is 0 Å². The molecule has 18 heavy (non-hydrogen) atoms. The van der Waals surface area contributed by atoms with Crippen molar-refractivity contribution in [2.75, 3.05) is 39.5 Å². The molecule has 1 heterocycles. The van der Waals surface area contributed by atoms with E-state index in [4.69, 9.17) is 5.73 Å². The molecule has 100 valence electrons. The van der Waals surface area contributed by atoms with Gasteiger partial charge in [0.1, 0.15) is 0 Å². The number of nitrogens with two attached hydrogens (primary N) is 1. The quantitative estimate of drug-likeness (QED) is 0.820. The lowest BCUT2D eigenvalue weighted by molar-refractivity contribution is 0.0745. The summed E-state index contributed by atoms with van der Waals surface area (Å²) < 4.78 is 0. The molecule has 0 atom stereocenters. The molecule has 0 bridgehead atoms. The van der Waals surface area contributed by atoms with Gasteiger partial charge in [-0.2, -0.15) is 0 Å². The number of pyridine rings is 1. The summed E-state index contributed by atoms with van der Waals surface area (Å²) in [5, 5.41) is 0. The summed E-state index contributed by atoms with van der Waals surface area (Å²) >= 11 is 0. The number of aromatic nitrogens is 1. The summed E-state index contributed by atoms with van der Waals surface area (Å²) in [6, 6.07) is 1.66. The second-order valence-electron chi connectivity index (χ2n) is 4.56. The molecule has 0 fully saturated rings. The Kier molecular flexibility index (Phi) is 5.58. The Morgan fingerprint density at radius 3 is 2.61 bits per heavy atom. The molecule has 0 saturated heterocycles. The molecule has 0 aromatic carbocycles. The van der Waals surface area contributed by atoms with Crippen molar-refractivity contribution in [3.8, 4) is 0 Å². The summed E-state index contributed by atoms with van der Waals surface area (Å²) in [6.07, 6.45) is 4.06. The lowest BCUT2D eigenvalue weighted by Gasteiger charge is -2.24. The minimum Gasteiger partial charge on any atom is -0.398 e. The topological polar surface area (TPSA) is 62.5 Å². The van der Waals surface area contributed by atoms with Gasteiger partial charge in [0.05, 0.1) is 5.56 Å². The number of carbonyl (C=O) groups excluding carboxylic acids is 1. The minimum absolute atomic E-state index is 0.0377. The largest absolute Gasteiger partial charge is 0.398 e. The van der Waals surface area contributed by atoms with Crippen molar-refractivity contribution >= 4 is 11.6 Å². The van der Waals surface area contributed by atoms with Crippen LogP contribution in [0.3, 0.4) is 0 Å². The number of amides is 1. The van der Waals surface area contributed by atoms with Crippen LogP contribution in [0, 0.1) is 0 Å². The van der Waals surface area contributed by atoms with Crippen molar-refractivity contribution in [1.29, 1.82) is 0 Å². The van der Waals surface area contributed by atoms with Gasteiger partial charge >= 0.3 is 0 Å². The van der Waals surface area contributed by atoms with E-state index in [9.17, 15) is 4.79 Å². The van der Waals surface area contributed by atoms with Crippen LogP contribution in [0.5, 0.6) is 0 Å². The van der Waals surface area contributed by atoms with E-state index >= 15 is 0 Å². The normalized spacial score (nSPS) is 10.7. The molecule has 0 aliphatic heterocycles. The van der Waals surface area contributed by atoms with Crippen molar-refractivity contribution in [1.82, 2.24) is 14.8 Å². The fourth-order valence-corrected chi connectivity index (χ4v) is 1.66. The summed E-state index contributed by atoms with van der Waals surface area (Å²) in [5.41, 5.74) is 6.79.